The van der Waals surface area contributed by atoms with Crippen LogP contribution in [0.25, 0.3) is 33.8 Å². The van der Waals surface area contributed by atoms with Crippen molar-refractivity contribution in [1.82, 2.24) is 9.97 Å². The van der Waals surface area contributed by atoms with Gasteiger partial charge in [0.15, 0.2) is 17.4 Å². The van der Waals surface area contributed by atoms with Crippen LogP contribution in [0.1, 0.15) is 34.1 Å². The number of carboxylic acid groups (broad SMARTS) is 1. The van der Waals surface area contributed by atoms with E-state index in [9.17, 15) is 24.3 Å². The highest BCUT2D eigenvalue weighted by Crippen LogP contribution is 2.38. The van der Waals surface area contributed by atoms with Crippen LogP contribution in [0.5, 0.6) is 0 Å². The monoisotopic (exact) mass is 518 g/mol. The summed E-state index contributed by atoms with van der Waals surface area (Å²) in [6.45, 7) is 1.47. The van der Waals surface area contributed by atoms with Crippen LogP contribution in [-0.2, 0) is 9.59 Å². The zero-order chi connectivity index (χ0) is 27.7. The molecule has 0 bridgehead atoms. The highest BCUT2D eigenvalue weighted by atomic mass is 16.4. The Morgan fingerprint density at radius 2 is 1.28 bits per heavy atom. The molecular formula is C30H22N4O5. The summed E-state index contributed by atoms with van der Waals surface area (Å²) in [5.74, 6) is -1.76. The number of hydrogen-bond acceptors (Lipinski definition) is 7. The van der Waals surface area contributed by atoms with Crippen molar-refractivity contribution in [2.24, 2.45) is 0 Å². The minimum absolute atomic E-state index is 0.0942. The minimum Gasteiger partial charge on any atom is -0.478 e. The number of anilines is 2. The van der Waals surface area contributed by atoms with Crippen molar-refractivity contribution in [3.05, 3.63) is 96.2 Å². The second kappa shape index (κ2) is 10.1. The predicted octanol–water partition coefficient (Wildman–Crippen LogP) is 4.78. The Morgan fingerprint density at radius 3 is 1.82 bits per heavy atom. The van der Waals surface area contributed by atoms with E-state index in [0.717, 1.165) is 0 Å². The molecule has 192 valence electrons. The lowest BCUT2D eigenvalue weighted by molar-refractivity contribution is -0.124. The van der Waals surface area contributed by atoms with E-state index < -0.39 is 11.9 Å². The summed E-state index contributed by atoms with van der Waals surface area (Å²) in [6.07, 6.45) is 2.36. The average molecular weight is 519 g/mol. The van der Waals surface area contributed by atoms with Gasteiger partial charge in [0.25, 0.3) is 0 Å². The number of hydrogen-bond donors (Lipinski definition) is 2. The number of carboxylic acids is 1. The summed E-state index contributed by atoms with van der Waals surface area (Å²) in [6, 6.07) is 20.0. The first kappa shape index (κ1) is 25.2. The van der Waals surface area contributed by atoms with Crippen molar-refractivity contribution in [2.75, 3.05) is 10.6 Å². The zero-order valence-electron chi connectivity index (χ0n) is 20.8. The Hall–Kier alpha value is -5.44. The van der Waals surface area contributed by atoms with Crippen LogP contribution in [0, 0.1) is 0 Å². The van der Waals surface area contributed by atoms with Gasteiger partial charge in [-0.2, -0.15) is 0 Å². The second-order valence-electron chi connectivity index (χ2n) is 8.95. The first-order valence-corrected chi connectivity index (χ1v) is 12.0. The number of aromatic nitrogens is 2. The molecule has 0 saturated heterocycles. The second-order valence-corrected chi connectivity index (χ2v) is 8.95. The molecule has 0 saturated carbocycles. The lowest BCUT2D eigenvalue weighted by Gasteiger charge is -2.24. The molecule has 39 heavy (non-hydrogen) atoms. The highest BCUT2D eigenvalue weighted by molar-refractivity contribution is 6.14. The Kier molecular flexibility index (Phi) is 6.56. The third-order valence-electron chi connectivity index (χ3n) is 6.26. The molecule has 5 rings (SSSR count). The van der Waals surface area contributed by atoms with Crippen LogP contribution in [0.15, 0.2) is 85.1 Å². The molecule has 3 N–H and O–H groups in total. The van der Waals surface area contributed by atoms with E-state index in [2.05, 4.69) is 0 Å². The number of carbonyl (C=O) groups excluding carboxylic acids is 3. The summed E-state index contributed by atoms with van der Waals surface area (Å²) < 4.78 is 0. The number of amides is 1. The number of aromatic carboxylic acids is 1. The normalized spacial score (nSPS) is 13.0. The fourth-order valence-electron chi connectivity index (χ4n) is 4.19. The quantitative estimate of drug-likeness (QED) is 0.211. The van der Waals surface area contributed by atoms with Crippen molar-refractivity contribution in [1.29, 1.82) is 0 Å². The number of Topliss-reactive ketones (excluding diaryl/α,β-unsaturated/α-hetero) is 1. The number of allylic oxidation sites excluding steroid dienone is 1. The number of nitrogens with zero attached hydrogens (tertiary/aromatic N) is 3. The maximum atomic E-state index is 13.0. The standard InChI is InChI=1S/C30H22N4O5/c1-17(35)18-2-4-21(5-3-18)28-29(34-15-14-24(36)16-25(34)37)33-27(19-6-8-22(9-7-19)30(38)39)26(32-28)20-10-12-23(31)13-11-20/h2-15H,16,31H2,1H3,(H,38,39). The Bertz CT molecular complexity index is 1660. The average Bonchev–Trinajstić information content (AvgIpc) is 2.93. The van der Waals surface area contributed by atoms with Gasteiger partial charge in [0.05, 0.1) is 23.4 Å². The number of rotatable bonds is 6. The van der Waals surface area contributed by atoms with E-state index in [4.69, 9.17) is 15.7 Å². The summed E-state index contributed by atoms with van der Waals surface area (Å²) >= 11 is 0. The molecule has 1 aliphatic rings. The minimum atomic E-state index is -1.06. The van der Waals surface area contributed by atoms with Gasteiger partial charge in [-0.3, -0.25) is 19.3 Å². The summed E-state index contributed by atoms with van der Waals surface area (Å²) in [5.41, 5.74) is 10.2. The van der Waals surface area contributed by atoms with Gasteiger partial charge in [0.1, 0.15) is 5.69 Å². The van der Waals surface area contributed by atoms with Crippen LogP contribution >= 0.6 is 0 Å². The Labute approximate surface area is 223 Å². The van der Waals surface area contributed by atoms with Crippen LogP contribution < -0.4 is 10.6 Å². The van der Waals surface area contributed by atoms with Gasteiger partial charge in [0.2, 0.25) is 5.91 Å². The van der Waals surface area contributed by atoms with Gasteiger partial charge < -0.3 is 10.8 Å². The van der Waals surface area contributed by atoms with Gasteiger partial charge >= 0.3 is 5.97 Å². The molecule has 1 aromatic heterocycles. The molecule has 3 aromatic carbocycles. The molecule has 0 spiro atoms. The first-order valence-electron chi connectivity index (χ1n) is 12.0. The van der Waals surface area contributed by atoms with Crippen molar-refractivity contribution in [3.63, 3.8) is 0 Å². The Morgan fingerprint density at radius 1 is 0.769 bits per heavy atom. The molecule has 0 unspecified atom stereocenters. The number of benzene rings is 3. The summed E-state index contributed by atoms with van der Waals surface area (Å²) in [5, 5.41) is 9.35. The largest absolute Gasteiger partial charge is 0.478 e. The lowest BCUT2D eigenvalue weighted by atomic mass is 10.0. The van der Waals surface area contributed by atoms with E-state index in [0.29, 0.717) is 45.0 Å². The van der Waals surface area contributed by atoms with Gasteiger partial charge in [-0.05, 0) is 37.3 Å². The number of nitrogens with two attached hydrogens (primary N) is 1. The molecular weight excluding hydrogens is 496 g/mol. The zero-order valence-corrected chi connectivity index (χ0v) is 20.8. The maximum Gasteiger partial charge on any atom is 0.335 e. The van der Waals surface area contributed by atoms with Crippen molar-refractivity contribution in [2.45, 2.75) is 13.3 Å². The summed E-state index contributed by atoms with van der Waals surface area (Å²) in [4.78, 5) is 59.2. The SMILES string of the molecule is CC(=O)c1ccc(-c2nc(-c3ccc(N)cc3)c(-c3ccc(C(=O)O)cc3)nc2N2C=CC(=O)CC2=O)cc1. The van der Waals surface area contributed by atoms with Crippen LogP contribution in [0.2, 0.25) is 0 Å². The van der Waals surface area contributed by atoms with Gasteiger partial charge in [0, 0.05) is 34.1 Å². The van der Waals surface area contributed by atoms with Crippen LogP contribution in [0.3, 0.4) is 0 Å². The molecule has 0 aliphatic carbocycles. The fourth-order valence-corrected chi connectivity index (χ4v) is 4.19. The first-order chi connectivity index (χ1) is 18.7. The van der Waals surface area contributed by atoms with Gasteiger partial charge in [-0.25, -0.2) is 14.8 Å². The van der Waals surface area contributed by atoms with Crippen molar-refractivity contribution in [3.8, 4) is 33.8 Å². The van der Waals surface area contributed by atoms with Gasteiger partial charge in [-0.15, -0.1) is 0 Å². The highest BCUT2D eigenvalue weighted by Gasteiger charge is 2.28. The van der Waals surface area contributed by atoms with Crippen LogP contribution in [-0.4, -0.2) is 38.5 Å². The molecule has 0 radical (unpaired) electrons. The Balaban J connectivity index is 1.79. The molecule has 4 aromatic rings. The summed E-state index contributed by atoms with van der Waals surface area (Å²) in [7, 11) is 0. The van der Waals surface area contributed by atoms with Crippen molar-refractivity contribution >= 4 is 34.9 Å². The molecule has 1 amide bonds. The third kappa shape index (κ3) is 5.05. The third-order valence-corrected chi connectivity index (χ3v) is 6.26. The fraction of sp³-hybridized carbons (Fsp3) is 0.0667. The molecule has 1 aliphatic heterocycles. The van der Waals surface area contributed by atoms with Crippen molar-refractivity contribution < 1.29 is 24.3 Å². The lowest BCUT2D eigenvalue weighted by Crippen LogP contribution is -2.32. The molecule has 9 nitrogen and oxygen atoms in total. The van der Waals surface area contributed by atoms with Crippen LogP contribution in [0.4, 0.5) is 11.5 Å². The smallest absolute Gasteiger partial charge is 0.335 e. The van der Waals surface area contributed by atoms with E-state index in [1.807, 2.05) is 0 Å². The van der Waals surface area contributed by atoms with Gasteiger partial charge in [-0.1, -0.05) is 48.5 Å². The number of ketones is 2. The van der Waals surface area contributed by atoms with E-state index in [1.165, 1.54) is 36.2 Å². The molecule has 2 heterocycles. The van der Waals surface area contributed by atoms with E-state index >= 15 is 0 Å². The topological polar surface area (TPSA) is 144 Å². The molecule has 0 atom stereocenters. The predicted molar refractivity (Wildman–Crippen MR) is 146 cm³/mol. The number of nitrogen functional groups attached to an aromatic ring is 1. The maximum absolute atomic E-state index is 13.0. The van der Waals surface area contributed by atoms with E-state index in [1.54, 1.807) is 60.7 Å². The molecule has 0 fully saturated rings. The van der Waals surface area contributed by atoms with E-state index in [-0.39, 0.29) is 29.4 Å². The molecule has 9 heteroatoms. The number of carbonyl (C=O) groups is 4.